The minimum atomic E-state index is -0.336. The van der Waals surface area contributed by atoms with Crippen LogP contribution < -0.4 is 0 Å². The molecule has 0 aliphatic carbocycles. The molecular weight excluding hydrogens is 310 g/mol. The lowest BCUT2D eigenvalue weighted by Crippen LogP contribution is -2.38. The molecule has 0 spiro atoms. The Morgan fingerprint density at radius 3 is 2.57 bits per heavy atom. The Kier molecular flexibility index (Phi) is 7.05. The Balaban J connectivity index is 2.98. The van der Waals surface area contributed by atoms with Crippen molar-refractivity contribution in [2.75, 3.05) is 19.9 Å². The highest BCUT2D eigenvalue weighted by Crippen LogP contribution is 2.25. The molecule has 0 unspecified atom stereocenters. The number of thioether (sulfide) groups is 1. The van der Waals surface area contributed by atoms with E-state index < -0.39 is 0 Å². The van der Waals surface area contributed by atoms with Crippen LogP contribution in [-0.4, -0.2) is 42.7 Å². The number of amides is 1. The molecule has 1 aromatic rings. The van der Waals surface area contributed by atoms with E-state index in [1.54, 1.807) is 28.8 Å². The van der Waals surface area contributed by atoms with Gasteiger partial charge in [-0.15, -0.1) is 11.8 Å². The smallest absolute Gasteiger partial charge is 0.307 e. The number of nitrogens with zero attached hydrogens (tertiary/aromatic N) is 1. The van der Waals surface area contributed by atoms with Gasteiger partial charge in [-0.3, -0.25) is 9.59 Å². The molecular formula is C15H20ClNO3S. The molecule has 0 radical (unpaired) electrons. The lowest BCUT2D eigenvalue weighted by Gasteiger charge is -2.27. The Morgan fingerprint density at radius 1 is 1.38 bits per heavy atom. The first-order chi connectivity index (χ1) is 9.90. The first kappa shape index (κ1) is 17.9. The van der Waals surface area contributed by atoms with Gasteiger partial charge in [0.25, 0.3) is 5.91 Å². The molecule has 0 heterocycles. The summed E-state index contributed by atoms with van der Waals surface area (Å²) >= 11 is 7.69. The third-order valence-electron chi connectivity index (χ3n) is 3.07. The van der Waals surface area contributed by atoms with E-state index in [0.717, 1.165) is 4.90 Å². The van der Waals surface area contributed by atoms with Crippen molar-refractivity contribution in [1.29, 1.82) is 0 Å². The largest absolute Gasteiger partial charge is 0.469 e. The van der Waals surface area contributed by atoms with Gasteiger partial charge in [0.15, 0.2) is 0 Å². The second kappa shape index (κ2) is 8.29. The standard InChI is InChI=1S/C15H20ClNO3S/c1-10(2)17(8-7-14(18)20-3)15(19)12-9-11(21-4)5-6-13(12)16/h5-6,9-10H,7-8H2,1-4H3. The minimum absolute atomic E-state index is 0.0313. The molecule has 6 heteroatoms. The highest BCUT2D eigenvalue weighted by atomic mass is 35.5. The van der Waals surface area contributed by atoms with Gasteiger partial charge in [-0.05, 0) is 38.3 Å². The summed E-state index contributed by atoms with van der Waals surface area (Å²) < 4.78 is 4.62. The van der Waals surface area contributed by atoms with E-state index in [9.17, 15) is 9.59 Å². The third kappa shape index (κ3) is 4.93. The maximum atomic E-state index is 12.7. The zero-order valence-electron chi connectivity index (χ0n) is 12.7. The van der Waals surface area contributed by atoms with E-state index in [-0.39, 0.29) is 24.3 Å². The zero-order valence-corrected chi connectivity index (χ0v) is 14.3. The first-order valence-electron chi connectivity index (χ1n) is 6.62. The molecule has 21 heavy (non-hydrogen) atoms. The van der Waals surface area contributed by atoms with Gasteiger partial charge in [-0.2, -0.15) is 0 Å². The third-order valence-corrected chi connectivity index (χ3v) is 4.13. The van der Waals surface area contributed by atoms with Crippen molar-refractivity contribution in [2.45, 2.75) is 31.2 Å². The van der Waals surface area contributed by atoms with E-state index in [1.807, 2.05) is 26.2 Å². The molecule has 1 aromatic carbocycles. The zero-order chi connectivity index (χ0) is 16.0. The molecule has 0 aliphatic heterocycles. The number of rotatable bonds is 6. The fraction of sp³-hybridized carbons (Fsp3) is 0.467. The summed E-state index contributed by atoms with van der Waals surface area (Å²) in [5.41, 5.74) is 0.460. The molecule has 0 aromatic heterocycles. The summed E-state index contributed by atoms with van der Waals surface area (Å²) in [4.78, 5) is 26.5. The monoisotopic (exact) mass is 329 g/mol. The molecule has 0 aliphatic rings. The van der Waals surface area contributed by atoms with Crippen molar-refractivity contribution >= 4 is 35.2 Å². The van der Waals surface area contributed by atoms with Crippen molar-refractivity contribution in [3.05, 3.63) is 28.8 Å². The van der Waals surface area contributed by atoms with Gasteiger partial charge in [-0.25, -0.2) is 0 Å². The van der Waals surface area contributed by atoms with Crippen molar-refractivity contribution in [3.8, 4) is 0 Å². The van der Waals surface area contributed by atoms with Crippen LogP contribution in [0.2, 0.25) is 5.02 Å². The van der Waals surface area contributed by atoms with Crippen molar-refractivity contribution in [3.63, 3.8) is 0 Å². The van der Waals surface area contributed by atoms with Crippen LogP contribution in [0, 0.1) is 0 Å². The summed E-state index contributed by atoms with van der Waals surface area (Å²) in [5, 5.41) is 0.418. The molecule has 0 atom stereocenters. The van der Waals surface area contributed by atoms with Gasteiger partial charge >= 0.3 is 5.97 Å². The average Bonchev–Trinajstić information content (AvgIpc) is 2.47. The Labute approximate surface area is 134 Å². The second-order valence-corrected chi connectivity index (χ2v) is 6.05. The Morgan fingerprint density at radius 2 is 2.05 bits per heavy atom. The quantitative estimate of drug-likeness (QED) is 0.592. The molecule has 1 rings (SSSR count). The molecule has 4 nitrogen and oxygen atoms in total. The second-order valence-electron chi connectivity index (χ2n) is 4.76. The Hall–Kier alpha value is -1.20. The summed E-state index contributed by atoms with van der Waals surface area (Å²) in [6, 6.07) is 5.34. The Bertz CT molecular complexity index is 520. The fourth-order valence-electron chi connectivity index (χ4n) is 1.86. The van der Waals surface area contributed by atoms with Gasteiger partial charge in [0, 0.05) is 17.5 Å². The summed E-state index contributed by atoms with van der Waals surface area (Å²) in [7, 11) is 1.34. The number of carbonyl (C=O) groups is 2. The molecule has 116 valence electrons. The maximum absolute atomic E-state index is 12.7. The van der Waals surface area contributed by atoms with Gasteiger partial charge in [-0.1, -0.05) is 11.6 Å². The number of benzene rings is 1. The van der Waals surface area contributed by atoms with Crippen LogP contribution in [0.1, 0.15) is 30.6 Å². The van der Waals surface area contributed by atoms with Gasteiger partial charge in [0.1, 0.15) is 0 Å². The van der Waals surface area contributed by atoms with E-state index >= 15 is 0 Å². The van der Waals surface area contributed by atoms with Gasteiger partial charge < -0.3 is 9.64 Å². The number of esters is 1. The molecule has 0 bridgehead atoms. The number of methoxy groups -OCH3 is 1. The van der Waals surface area contributed by atoms with Crippen LogP contribution in [0.15, 0.2) is 23.1 Å². The number of carbonyl (C=O) groups excluding carboxylic acids is 2. The normalized spacial score (nSPS) is 10.6. The lowest BCUT2D eigenvalue weighted by atomic mass is 10.1. The van der Waals surface area contributed by atoms with Gasteiger partial charge in [0.2, 0.25) is 0 Å². The highest BCUT2D eigenvalue weighted by Gasteiger charge is 2.22. The van der Waals surface area contributed by atoms with Crippen LogP contribution in [0.25, 0.3) is 0 Å². The number of hydrogen-bond donors (Lipinski definition) is 0. The van der Waals surface area contributed by atoms with Gasteiger partial charge in [0.05, 0.1) is 24.1 Å². The molecule has 0 saturated carbocycles. The van der Waals surface area contributed by atoms with Crippen LogP contribution in [-0.2, 0) is 9.53 Å². The summed E-state index contributed by atoms with van der Waals surface area (Å²) in [5.74, 6) is -0.507. The van der Waals surface area contributed by atoms with Crippen LogP contribution in [0.3, 0.4) is 0 Å². The minimum Gasteiger partial charge on any atom is -0.469 e. The first-order valence-corrected chi connectivity index (χ1v) is 8.22. The van der Waals surface area contributed by atoms with E-state index in [0.29, 0.717) is 17.1 Å². The predicted molar refractivity (Wildman–Crippen MR) is 86.0 cm³/mol. The average molecular weight is 330 g/mol. The van der Waals surface area contributed by atoms with E-state index in [2.05, 4.69) is 4.74 Å². The molecule has 0 fully saturated rings. The summed E-state index contributed by atoms with van der Waals surface area (Å²) in [6.45, 7) is 4.12. The number of ether oxygens (including phenoxy) is 1. The summed E-state index contributed by atoms with van der Waals surface area (Å²) in [6.07, 6.45) is 2.11. The topological polar surface area (TPSA) is 46.6 Å². The molecule has 1 amide bonds. The molecule has 0 saturated heterocycles. The van der Waals surface area contributed by atoms with E-state index in [4.69, 9.17) is 11.6 Å². The van der Waals surface area contributed by atoms with Crippen LogP contribution >= 0.6 is 23.4 Å². The lowest BCUT2D eigenvalue weighted by molar-refractivity contribution is -0.140. The highest BCUT2D eigenvalue weighted by molar-refractivity contribution is 7.98. The van der Waals surface area contributed by atoms with Crippen LogP contribution in [0.4, 0.5) is 0 Å². The van der Waals surface area contributed by atoms with Crippen molar-refractivity contribution in [1.82, 2.24) is 4.90 Å². The van der Waals surface area contributed by atoms with Crippen molar-refractivity contribution in [2.24, 2.45) is 0 Å². The molecule has 0 N–H and O–H groups in total. The predicted octanol–water partition coefficient (Wildman–Crippen LogP) is 3.48. The SMILES string of the molecule is COC(=O)CCN(C(=O)c1cc(SC)ccc1Cl)C(C)C. The number of hydrogen-bond acceptors (Lipinski definition) is 4. The van der Waals surface area contributed by atoms with E-state index in [1.165, 1.54) is 7.11 Å². The fourth-order valence-corrected chi connectivity index (χ4v) is 2.50. The van der Waals surface area contributed by atoms with Crippen molar-refractivity contribution < 1.29 is 14.3 Å². The van der Waals surface area contributed by atoms with Crippen LogP contribution in [0.5, 0.6) is 0 Å². The maximum Gasteiger partial charge on any atom is 0.307 e. The number of halogens is 1.